The Kier molecular flexibility index (Phi) is 10.2. The Morgan fingerprint density at radius 3 is 2.38 bits per heavy atom. The van der Waals surface area contributed by atoms with E-state index in [2.05, 4.69) is 57.3 Å². The summed E-state index contributed by atoms with van der Waals surface area (Å²) in [6.45, 7) is 21.5. The standard InChI is InChI=1S/C23H43NO3SSi/c1-10-11-17-20(24-28(25)22(2,3)4)21(27-29(8,9)23(5,6)7)18-26-19-15-13-12-14-16-19/h10,13,15-16,20-21,24H,1,11-12,14,17-18H2,2-9H3/t20-,21+,28?/m0/s1. The monoisotopic (exact) mass is 441 g/mol. The summed E-state index contributed by atoms with van der Waals surface area (Å²) < 4.78 is 28.8. The fraction of sp³-hybridized carbons (Fsp3) is 0.739. The summed E-state index contributed by atoms with van der Waals surface area (Å²) in [5, 5.41) is 0.0847. The Morgan fingerprint density at radius 1 is 1.24 bits per heavy atom. The molecule has 0 spiro atoms. The number of hydrogen-bond donors (Lipinski definition) is 1. The van der Waals surface area contributed by atoms with Crippen LogP contribution in [0.1, 0.15) is 67.2 Å². The molecule has 0 aromatic rings. The molecule has 4 nitrogen and oxygen atoms in total. The van der Waals surface area contributed by atoms with E-state index in [9.17, 15) is 4.55 Å². The second kappa shape index (κ2) is 11.2. The molecule has 0 aromatic heterocycles. The third-order valence-corrected chi connectivity index (χ3v) is 11.7. The minimum absolute atomic E-state index is 0.0737. The number of ether oxygens (including phenoxy) is 1. The van der Waals surface area contributed by atoms with Crippen LogP contribution in [0.5, 0.6) is 0 Å². The second-order valence-electron chi connectivity index (χ2n) is 10.3. The van der Waals surface area contributed by atoms with Crippen molar-refractivity contribution in [2.45, 2.75) is 102 Å². The van der Waals surface area contributed by atoms with Gasteiger partial charge in [0.15, 0.2) is 8.32 Å². The molecular formula is C23H43NO3SSi. The normalized spacial score (nSPS) is 18.7. The third kappa shape index (κ3) is 9.01. The van der Waals surface area contributed by atoms with Gasteiger partial charge in [0, 0.05) is 11.4 Å². The summed E-state index contributed by atoms with van der Waals surface area (Å²) in [5.41, 5.74) is 0. The van der Waals surface area contributed by atoms with E-state index in [0.29, 0.717) is 6.61 Å². The van der Waals surface area contributed by atoms with Gasteiger partial charge in [-0.25, -0.2) is 0 Å². The number of hydrogen-bond acceptors (Lipinski definition) is 4. The molecular weight excluding hydrogens is 398 g/mol. The molecule has 1 rings (SSSR count). The van der Waals surface area contributed by atoms with Gasteiger partial charge in [0.25, 0.3) is 0 Å². The van der Waals surface area contributed by atoms with Crippen molar-refractivity contribution < 1.29 is 13.7 Å². The average molecular weight is 442 g/mol. The summed E-state index contributed by atoms with van der Waals surface area (Å²) in [4.78, 5) is 0. The topological polar surface area (TPSA) is 53.5 Å². The molecule has 6 heteroatoms. The Bertz CT molecular complexity index is 576. The predicted octanol–water partition coefficient (Wildman–Crippen LogP) is 6.01. The van der Waals surface area contributed by atoms with Crippen molar-refractivity contribution in [2.24, 2.45) is 0 Å². The molecule has 168 valence electrons. The van der Waals surface area contributed by atoms with Gasteiger partial charge in [0.05, 0.1) is 12.1 Å². The third-order valence-electron chi connectivity index (χ3n) is 5.57. The van der Waals surface area contributed by atoms with Crippen LogP contribution in [-0.2, 0) is 20.5 Å². The zero-order valence-electron chi connectivity index (χ0n) is 19.8. The van der Waals surface area contributed by atoms with Crippen molar-refractivity contribution in [1.29, 1.82) is 0 Å². The summed E-state index contributed by atoms with van der Waals surface area (Å²) in [6.07, 6.45) is 11.7. The van der Waals surface area contributed by atoms with Crippen LogP contribution in [0, 0.1) is 0 Å². The summed E-state index contributed by atoms with van der Waals surface area (Å²) in [6, 6.07) is -0.0737. The summed E-state index contributed by atoms with van der Waals surface area (Å²) >= 11 is -1.18. The predicted molar refractivity (Wildman–Crippen MR) is 129 cm³/mol. The molecule has 0 aliphatic heterocycles. The van der Waals surface area contributed by atoms with Gasteiger partial charge >= 0.3 is 0 Å². The summed E-state index contributed by atoms with van der Waals surface area (Å²) in [5.74, 6) is 0.902. The SMILES string of the molecule is C=CCC[C@H](N[S+]([O-])C(C)(C)C)[C@@H](COC1=CCCC=C1)O[Si](C)(C)C(C)(C)C. The molecule has 1 aliphatic carbocycles. The van der Waals surface area contributed by atoms with E-state index >= 15 is 0 Å². The van der Waals surface area contributed by atoms with Crippen LogP contribution < -0.4 is 4.72 Å². The average Bonchev–Trinajstić information content (AvgIpc) is 2.61. The van der Waals surface area contributed by atoms with Crippen molar-refractivity contribution in [1.82, 2.24) is 4.72 Å². The molecule has 0 fully saturated rings. The van der Waals surface area contributed by atoms with Crippen molar-refractivity contribution in [3.63, 3.8) is 0 Å². The van der Waals surface area contributed by atoms with Gasteiger partial charge in [-0.3, -0.25) is 0 Å². The van der Waals surface area contributed by atoms with Gasteiger partial charge in [-0.1, -0.05) is 32.9 Å². The lowest BCUT2D eigenvalue weighted by atomic mass is 10.1. The molecule has 0 aromatic carbocycles. The van der Waals surface area contributed by atoms with Crippen LogP contribution in [0.3, 0.4) is 0 Å². The van der Waals surface area contributed by atoms with Crippen LogP contribution in [0.4, 0.5) is 0 Å². The fourth-order valence-corrected chi connectivity index (χ4v) is 4.84. The van der Waals surface area contributed by atoms with E-state index in [0.717, 1.165) is 31.4 Å². The molecule has 0 saturated heterocycles. The minimum Gasteiger partial charge on any atom is -0.598 e. The van der Waals surface area contributed by atoms with Gasteiger partial charge in [-0.15, -0.1) is 11.3 Å². The number of allylic oxidation sites excluding steroid dienone is 4. The lowest BCUT2D eigenvalue weighted by molar-refractivity contribution is 0.0587. The van der Waals surface area contributed by atoms with Gasteiger partial charge < -0.3 is 13.7 Å². The first-order chi connectivity index (χ1) is 13.3. The Morgan fingerprint density at radius 2 is 1.90 bits per heavy atom. The molecule has 0 saturated carbocycles. The highest BCUT2D eigenvalue weighted by Gasteiger charge is 2.42. The Labute approximate surface area is 183 Å². The highest BCUT2D eigenvalue weighted by atomic mass is 32.2. The van der Waals surface area contributed by atoms with Crippen LogP contribution >= 0.6 is 0 Å². The second-order valence-corrected chi connectivity index (χ2v) is 17.0. The molecule has 1 N–H and O–H groups in total. The largest absolute Gasteiger partial charge is 0.598 e. The van der Waals surface area contributed by atoms with Crippen LogP contribution in [0.25, 0.3) is 0 Å². The smallest absolute Gasteiger partial charge is 0.192 e. The van der Waals surface area contributed by atoms with E-state index in [4.69, 9.17) is 9.16 Å². The molecule has 3 atom stereocenters. The zero-order chi connectivity index (χ0) is 22.3. The molecule has 0 heterocycles. The van der Waals surface area contributed by atoms with E-state index in [1.54, 1.807) is 0 Å². The molecule has 29 heavy (non-hydrogen) atoms. The van der Waals surface area contributed by atoms with Gasteiger partial charge in [0.2, 0.25) is 0 Å². The van der Waals surface area contributed by atoms with Crippen molar-refractivity contribution in [3.8, 4) is 0 Å². The number of nitrogens with one attached hydrogen (secondary N) is 1. The van der Waals surface area contributed by atoms with Gasteiger partial charge in [-0.2, -0.15) is 0 Å². The Hall–Kier alpha value is -0.533. The van der Waals surface area contributed by atoms with Crippen molar-refractivity contribution >= 4 is 19.7 Å². The lowest BCUT2D eigenvalue weighted by Gasteiger charge is -2.41. The summed E-state index contributed by atoms with van der Waals surface area (Å²) in [7, 11) is -2.04. The van der Waals surface area contributed by atoms with Crippen LogP contribution in [-0.4, -0.2) is 36.4 Å². The molecule has 1 aliphatic rings. The van der Waals surface area contributed by atoms with Gasteiger partial charge in [0.1, 0.15) is 17.1 Å². The quantitative estimate of drug-likeness (QED) is 0.242. The fourth-order valence-electron chi connectivity index (χ4n) is 2.59. The van der Waals surface area contributed by atoms with E-state index in [1.807, 2.05) is 32.9 Å². The van der Waals surface area contributed by atoms with Crippen molar-refractivity contribution in [3.05, 3.63) is 36.6 Å². The molecule has 0 amide bonds. The van der Waals surface area contributed by atoms with Gasteiger partial charge in [-0.05, 0) is 76.7 Å². The van der Waals surface area contributed by atoms with Crippen molar-refractivity contribution in [2.75, 3.05) is 6.61 Å². The Balaban J connectivity index is 3.07. The zero-order valence-corrected chi connectivity index (χ0v) is 21.7. The minimum atomic E-state index is -2.04. The van der Waals surface area contributed by atoms with Crippen LogP contribution in [0.2, 0.25) is 18.1 Å². The lowest BCUT2D eigenvalue weighted by Crippen LogP contribution is -2.55. The first-order valence-corrected chi connectivity index (χ1v) is 14.8. The first kappa shape index (κ1) is 26.5. The first-order valence-electron chi connectivity index (χ1n) is 10.7. The van der Waals surface area contributed by atoms with Crippen LogP contribution in [0.15, 0.2) is 36.6 Å². The molecule has 0 radical (unpaired) electrons. The highest BCUT2D eigenvalue weighted by Crippen LogP contribution is 2.38. The van der Waals surface area contributed by atoms with E-state index in [-0.39, 0.29) is 21.9 Å². The highest BCUT2D eigenvalue weighted by molar-refractivity contribution is 7.90. The number of rotatable bonds is 11. The molecule has 0 bridgehead atoms. The molecule has 1 unspecified atom stereocenters. The van der Waals surface area contributed by atoms with E-state index < -0.39 is 19.7 Å². The maximum Gasteiger partial charge on any atom is 0.192 e. The maximum absolute atomic E-state index is 12.9. The van der Waals surface area contributed by atoms with E-state index in [1.165, 1.54) is 0 Å². The maximum atomic E-state index is 12.9.